The number of carbonyl (C=O) groups is 1. The molecule has 0 saturated heterocycles. The highest BCUT2D eigenvalue weighted by molar-refractivity contribution is 5.95. The minimum Gasteiger partial charge on any atom is -0.318 e. The molecule has 0 saturated carbocycles. The lowest BCUT2D eigenvalue weighted by molar-refractivity contribution is 0.0955. The summed E-state index contributed by atoms with van der Waals surface area (Å²) in [4.78, 5) is 12.8. The molecule has 5 heteroatoms. The van der Waals surface area contributed by atoms with E-state index in [4.69, 9.17) is 0 Å². The third kappa shape index (κ3) is 4.71. The Kier molecular flexibility index (Phi) is 6.84. The average molecular weight is 501 g/mol. The van der Waals surface area contributed by atoms with Crippen molar-refractivity contribution >= 4 is 12.1 Å². The van der Waals surface area contributed by atoms with Crippen molar-refractivity contribution in [2.45, 2.75) is 34.6 Å². The molecule has 3 aromatic carbocycles. The summed E-state index contributed by atoms with van der Waals surface area (Å²) in [5.74, 6) is -0.247. The maximum atomic E-state index is 12.8. The Hall–Kier alpha value is -4.64. The van der Waals surface area contributed by atoms with Gasteiger partial charge in [0.2, 0.25) is 0 Å². The van der Waals surface area contributed by atoms with Gasteiger partial charge >= 0.3 is 0 Å². The number of hydrazone groups is 1. The first-order valence-corrected chi connectivity index (χ1v) is 12.8. The monoisotopic (exact) mass is 500 g/mol. The predicted molar refractivity (Wildman–Crippen MR) is 156 cm³/mol. The molecule has 0 spiro atoms. The highest BCUT2D eigenvalue weighted by atomic mass is 16.2. The van der Waals surface area contributed by atoms with Gasteiger partial charge < -0.3 is 9.13 Å². The van der Waals surface area contributed by atoms with Crippen LogP contribution >= 0.6 is 0 Å². The lowest BCUT2D eigenvalue weighted by Gasteiger charge is -2.14. The number of rotatable bonds is 6. The molecular formula is C33H32N4O. The molecule has 0 unspecified atom stereocenters. The molecule has 190 valence electrons. The summed E-state index contributed by atoms with van der Waals surface area (Å²) in [6.07, 6.45) is 1.71. The number of nitrogens with zero attached hydrogens (tertiary/aromatic N) is 3. The molecule has 2 heterocycles. The zero-order valence-electron chi connectivity index (χ0n) is 22.5. The maximum Gasteiger partial charge on any atom is 0.271 e. The Bertz CT molecular complexity index is 1640. The fraction of sp³-hybridized carbons (Fsp3) is 0.152. The summed E-state index contributed by atoms with van der Waals surface area (Å²) in [6.45, 7) is 10.5. The van der Waals surface area contributed by atoms with Gasteiger partial charge in [0.1, 0.15) is 0 Å². The van der Waals surface area contributed by atoms with Crippen molar-refractivity contribution in [3.8, 4) is 22.6 Å². The summed E-state index contributed by atoms with van der Waals surface area (Å²) in [5.41, 5.74) is 14.5. The quantitative estimate of drug-likeness (QED) is 0.194. The van der Waals surface area contributed by atoms with E-state index in [1.165, 1.54) is 11.1 Å². The van der Waals surface area contributed by atoms with Gasteiger partial charge in [-0.3, -0.25) is 4.79 Å². The summed E-state index contributed by atoms with van der Waals surface area (Å²) >= 11 is 0. The van der Waals surface area contributed by atoms with E-state index >= 15 is 0 Å². The van der Waals surface area contributed by atoms with E-state index in [9.17, 15) is 4.79 Å². The standard InChI is InChI=1S/C33H32N4O/c1-22-10-9-13-31(25(22)4)36-24(3)20-29(26(36)5)21-34-35-33(38)28-15-17-30(18-16-28)37-23(2)14-19-32(37)27-11-7-6-8-12-27/h6-21H,1-5H3,(H,35,38)/b34-21+. The minimum atomic E-state index is -0.247. The largest absolute Gasteiger partial charge is 0.318 e. The molecule has 0 atom stereocenters. The maximum absolute atomic E-state index is 12.8. The number of benzene rings is 3. The molecule has 5 nitrogen and oxygen atoms in total. The van der Waals surface area contributed by atoms with Crippen molar-refractivity contribution in [3.05, 3.63) is 130 Å². The molecule has 0 aliphatic carbocycles. The van der Waals surface area contributed by atoms with E-state index in [1.54, 1.807) is 6.21 Å². The SMILES string of the molecule is Cc1cccc(-n2c(C)cc(/C=N/NC(=O)c3ccc(-n4c(C)ccc4-c4ccccc4)cc3)c2C)c1C. The molecule has 0 radical (unpaired) electrons. The van der Waals surface area contributed by atoms with Crippen LogP contribution in [0, 0.1) is 34.6 Å². The lowest BCUT2D eigenvalue weighted by atomic mass is 10.1. The second-order valence-electron chi connectivity index (χ2n) is 9.69. The van der Waals surface area contributed by atoms with E-state index in [2.05, 4.69) is 103 Å². The average Bonchev–Trinajstić information content (AvgIpc) is 3.44. The fourth-order valence-electron chi connectivity index (χ4n) is 4.97. The smallest absolute Gasteiger partial charge is 0.271 e. The molecular weight excluding hydrogens is 468 g/mol. The number of nitrogens with one attached hydrogen (secondary N) is 1. The number of hydrogen-bond acceptors (Lipinski definition) is 2. The molecule has 0 fully saturated rings. The molecule has 0 bridgehead atoms. The van der Waals surface area contributed by atoms with Gasteiger partial charge in [-0.25, -0.2) is 5.43 Å². The van der Waals surface area contributed by atoms with Gasteiger partial charge in [0.25, 0.3) is 5.91 Å². The van der Waals surface area contributed by atoms with Gasteiger partial charge in [0, 0.05) is 39.6 Å². The van der Waals surface area contributed by atoms with E-state index < -0.39 is 0 Å². The second-order valence-corrected chi connectivity index (χ2v) is 9.69. The van der Waals surface area contributed by atoms with Crippen LogP contribution in [-0.2, 0) is 0 Å². The van der Waals surface area contributed by atoms with E-state index in [0.717, 1.165) is 45.3 Å². The first kappa shape index (κ1) is 25.0. The summed E-state index contributed by atoms with van der Waals surface area (Å²) < 4.78 is 4.43. The third-order valence-electron chi connectivity index (χ3n) is 7.19. The lowest BCUT2D eigenvalue weighted by Crippen LogP contribution is -2.17. The number of carbonyl (C=O) groups excluding carboxylic acids is 1. The number of hydrogen-bond donors (Lipinski definition) is 1. The Morgan fingerprint density at radius 1 is 0.763 bits per heavy atom. The molecule has 5 aromatic rings. The Morgan fingerprint density at radius 3 is 2.24 bits per heavy atom. The minimum absolute atomic E-state index is 0.247. The van der Waals surface area contributed by atoms with Crippen LogP contribution in [0.2, 0.25) is 0 Å². The first-order valence-electron chi connectivity index (χ1n) is 12.8. The molecule has 38 heavy (non-hydrogen) atoms. The number of aryl methyl sites for hydroxylation is 3. The Morgan fingerprint density at radius 2 is 1.50 bits per heavy atom. The summed E-state index contributed by atoms with van der Waals surface area (Å²) in [7, 11) is 0. The fourth-order valence-corrected chi connectivity index (χ4v) is 4.97. The molecule has 5 rings (SSSR count). The first-order chi connectivity index (χ1) is 18.3. The topological polar surface area (TPSA) is 51.3 Å². The van der Waals surface area contributed by atoms with Gasteiger partial charge in [-0.05, 0) is 99.8 Å². The van der Waals surface area contributed by atoms with Crippen LogP contribution in [0.4, 0.5) is 0 Å². The van der Waals surface area contributed by atoms with Crippen LogP contribution in [0.15, 0.2) is 96.1 Å². The van der Waals surface area contributed by atoms with Crippen molar-refractivity contribution in [2.75, 3.05) is 0 Å². The molecule has 0 aliphatic heterocycles. The van der Waals surface area contributed by atoms with Gasteiger partial charge in [-0.15, -0.1) is 0 Å². The van der Waals surface area contributed by atoms with Crippen molar-refractivity contribution in [1.82, 2.24) is 14.6 Å². The zero-order valence-corrected chi connectivity index (χ0v) is 22.5. The second kappa shape index (κ2) is 10.4. The Balaban J connectivity index is 1.32. The molecule has 0 aliphatic rings. The summed E-state index contributed by atoms with van der Waals surface area (Å²) in [5, 5.41) is 4.26. The van der Waals surface area contributed by atoms with Crippen molar-refractivity contribution in [1.29, 1.82) is 0 Å². The van der Waals surface area contributed by atoms with E-state index in [1.807, 2.05) is 42.5 Å². The van der Waals surface area contributed by atoms with Crippen molar-refractivity contribution in [3.63, 3.8) is 0 Å². The van der Waals surface area contributed by atoms with Crippen molar-refractivity contribution in [2.24, 2.45) is 5.10 Å². The third-order valence-corrected chi connectivity index (χ3v) is 7.19. The predicted octanol–water partition coefficient (Wildman–Crippen LogP) is 7.24. The molecule has 1 N–H and O–H groups in total. The normalized spacial score (nSPS) is 11.3. The van der Waals surface area contributed by atoms with Crippen LogP contribution in [0.3, 0.4) is 0 Å². The van der Waals surface area contributed by atoms with Gasteiger partial charge in [0.15, 0.2) is 0 Å². The highest BCUT2D eigenvalue weighted by Crippen LogP contribution is 2.27. The van der Waals surface area contributed by atoms with Gasteiger partial charge in [0.05, 0.1) is 11.9 Å². The van der Waals surface area contributed by atoms with Crippen LogP contribution in [0.25, 0.3) is 22.6 Å². The summed E-state index contributed by atoms with van der Waals surface area (Å²) in [6, 6.07) is 30.6. The van der Waals surface area contributed by atoms with Gasteiger partial charge in [-0.1, -0.05) is 42.5 Å². The van der Waals surface area contributed by atoms with Crippen molar-refractivity contribution < 1.29 is 4.79 Å². The molecule has 2 aromatic heterocycles. The van der Waals surface area contributed by atoms with Crippen LogP contribution in [-0.4, -0.2) is 21.3 Å². The Labute approximate surface area is 224 Å². The van der Waals surface area contributed by atoms with E-state index in [-0.39, 0.29) is 5.91 Å². The highest BCUT2D eigenvalue weighted by Gasteiger charge is 2.13. The van der Waals surface area contributed by atoms with Crippen LogP contribution in [0.5, 0.6) is 0 Å². The van der Waals surface area contributed by atoms with Crippen LogP contribution < -0.4 is 5.43 Å². The van der Waals surface area contributed by atoms with E-state index in [0.29, 0.717) is 5.56 Å². The number of amides is 1. The molecule has 1 amide bonds. The number of aromatic nitrogens is 2. The zero-order chi connectivity index (χ0) is 26.8. The van der Waals surface area contributed by atoms with Crippen LogP contribution in [0.1, 0.15) is 44.1 Å². The van der Waals surface area contributed by atoms with Gasteiger partial charge in [-0.2, -0.15) is 5.10 Å².